The minimum absolute atomic E-state index is 0.427. The number of ether oxygens (including phenoxy) is 1. The Hall–Kier alpha value is -0.670. The molecular weight excluding hydrogens is 254 g/mol. The van der Waals surface area contributed by atoms with Gasteiger partial charge in [-0.25, -0.2) is 0 Å². The van der Waals surface area contributed by atoms with E-state index in [1.807, 2.05) is 0 Å². The second-order valence-corrected chi connectivity index (χ2v) is 5.98. The fourth-order valence-electron chi connectivity index (χ4n) is 2.37. The lowest BCUT2D eigenvalue weighted by molar-refractivity contribution is 0.299. The monoisotopic (exact) mass is 281 g/mol. The predicted molar refractivity (Wildman–Crippen MR) is 86.4 cm³/mol. The summed E-state index contributed by atoms with van der Waals surface area (Å²) < 4.78 is 5.50. The molecule has 108 valence electrons. The minimum Gasteiger partial charge on any atom is -0.483 e. The van der Waals surface area contributed by atoms with Gasteiger partial charge >= 0.3 is 0 Å². The molecule has 0 N–H and O–H groups in total. The summed E-state index contributed by atoms with van der Waals surface area (Å²) in [6, 6.07) is 4.38. The molecule has 0 aromatic heterocycles. The second kappa shape index (κ2) is 7.81. The first-order chi connectivity index (χ1) is 8.93. The van der Waals surface area contributed by atoms with Gasteiger partial charge in [-0.3, -0.25) is 0 Å². The summed E-state index contributed by atoms with van der Waals surface area (Å²) in [5.41, 5.74) is 3.92. The Morgan fingerprint density at radius 3 is 2.47 bits per heavy atom. The van der Waals surface area contributed by atoms with Crippen molar-refractivity contribution in [1.82, 2.24) is 4.90 Å². The van der Waals surface area contributed by atoms with Gasteiger partial charge in [-0.05, 0) is 56.0 Å². The Bertz CT molecular complexity index is 404. The van der Waals surface area contributed by atoms with Crippen LogP contribution in [0.5, 0.6) is 5.75 Å². The normalized spacial score (nSPS) is 11.4. The van der Waals surface area contributed by atoms with Crippen LogP contribution in [-0.4, -0.2) is 31.0 Å². The van der Waals surface area contributed by atoms with E-state index in [9.17, 15) is 0 Å². The van der Waals surface area contributed by atoms with Crippen LogP contribution in [-0.2, 0) is 6.42 Å². The first kappa shape index (κ1) is 16.4. The van der Waals surface area contributed by atoms with Gasteiger partial charge in [0.1, 0.15) is 11.7 Å². The van der Waals surface area contributed by atoms with Gasteiger partial charge in [-0.2, -0.15) is 0 Å². The fourth-order valence-corrected chi connectivity index (χ4v) is 2.51. The lowest BCUT2D eigenvalue weighted by Gasteiger charge is -2.20. The molecule has 0 heterocycles. The van der Waals surface area contributed by atoms with Gasteiger partial charge in [0.2, 0.25) is 0 Å². The van der Waals surface area contributed by atoms with Gasteiger partial charge < -0.3 is 9.64 Å². The molecular formula is C16H27NOS. The molecule has 19 heavy (non-hydrogen) atoms. The largest absolute Gasteiger partial charge is 0.483 e. The van der Waals surface area contributed by atoms with Crippen molar-refractivity contribution < 1.29 is 4.74 Å². The van der Waals surface area contributed by atoms with E-state index in [0.717, 1.165) is 31.2 Å². The summed E-state index contributed by atoms with van der Waals surface area (Å²) in [5, 5.41) is 0. The van der Waals surface area contributed by atoms with E-state index in [1.165, 1.54) is 16.7 Å². The molecule has 1 aromatic rings. The molecule has 0 aliphatic carbocycles. The SMILES string of the molecule is Cc1cc(OCS)c(C)cc1CCN(C)CC(C)C. The van der Waals surface area contributed by atoms with Crippen LogP contribution in [0.1, 0.15) is 30.5 Å². The number of hydrogen-bond acceptors (Lipinski definition) is 3. The predicted octanol–water partition coefficient (Wildman–Crippen LogP) is 3.70. The average Bonchev–Trinajstić information content (AvgIpc) is 2.31. The fraction of sp³-hybridized carbons (Fsp3) is 0.625. The Kier molecular flexibility index (Phi) is 6.73. The zero-order chi connectivity index (χ0) is 14.4. The summed E-state index contributed by atoms with van der Waals surface area (Å²) in [6.45, 7) is 11.0. The third kappa shape index (κ3) is 5.45. The third-order valence-electron chi connectivity index (χ3n) is 3.29. The van der Waals surface area contributed by atoms with Crippen molar-refractivity contribution in [3.05, 3.63) is 28.8 Å². The van der Waals surface area contributed by atoms with E-state index in [-0.39, 0.29) is 0 Å². The zero-order valence-electron chi connectivity index (χ0n) is 12.9. The van der Waals surface area contributed by atoms with E-state index < -0.39 is 0 Å². The van der Waals surface area contributed by atoms with Gasteiger partial charge in [-0.1, -0.05) is 19.9 Å². The number of thiol groups is 1. The maximum Gasteiger partial charge on any atom is 0.131 e. The topological polar surface area (TPSA) is 12.5 Å². The molecule has 0 aliphatic rings. The van der Waals surface area contributed by atoms with E-state index in [1.54, 1.807) is 0 Å². The van der Waals surface area contributed by atoms with Crippen molar-refractivity contribution in [1.29, 1.82) is 0 Å². The second-order valence-electron chi connectivity index (χ2n) is 5.72. The van der Waals surface area contributed by atoms with Crippen molar-refractivity contribution in [3.63, 3.8) is 0 Å². The highest BCUT2D eigenvalue weighted by molar-refractivity contribution is 7.80. The average molecular weight is 281 g/mol. The molecule has 0 aliphatic heterocycles. The Morgan fingerprint density at radius 1 is 1.21 bits per heavy atom. The summed E-state index contributed by atoms with van der Waals surface area (Å²) in [5.74, 6) is 2.10. The first-order valence-electron chi connectivity index (χ1n) is 6.96. The third-order valence-corrected chi connectivity index (χ3v) is 3.42. The van der Waals surface area contributed by atoms with Crippen LogP contribution in [0.3, 0.4) is 0 Å². The molecule has 0 spiro atoms. The van der Waals surface area contributed by atoms with Crippen molar-refractivity contribution >= 4 is 12.6 Å². The van der Waals surface area contributed by atoms with Crippen LogP contribution in [0.4, 0.5) is 0 Å². The Balaban J connectivity index is 2.66. The lowest BCUT2D eigenvalue weighted by atomic mass is 10.0. The summed E-state index contributed by atoms with van der Waals surface area (Å²) in [4.78, 5) is 2.40. The van der Waals surface area contributed by atoms with E-state index in [4.69, 9.17) is 4.74 Å². The molecule has 0 bridgehead atoms. The van der Waals surface area contributed by atoms with Crippen LogP contribution in [0, 0.1) is 19.8 Å². The van der Waals surface area contributed by atoms with Gasteiger partial charge in [-0.15, -0.1) is 12.6 Å². The maximum atomic E-state index is 5.50. The van der Waals surface area contributed by atoms with E-state index in [0.29, 0.717) is 5.94 Å². The number of benzene rings is 1. The zero-order valence-corrected chi connectivity index (χ0v) is 13.8. The quantitative estimate of drug-likeness (QED) is 0.604. The summed E-state index contributed by atoms with van der Waals surface area (Å²) in [7, 11) is 2.20. The van der Waals surface area contributed by atoms with E-state index >= 15 is 0 Å². The molecule has 0 radical (unpaired) electrons. The first-order valence-corrected chi connectivity index (χ1v) is 7.59. The number of hydrogen-bond donors (Lipinski definition) is 1. The van der Waals surface area contributed by atoms with Crippen LogP contribution < -0.4 is 4.74 Å². The van der Waals surface area contributed by atoms with Crippen LogP contribution in [0.15, 0.2) is 12.1 Å². The van der Waals surface area contributed by atoms with Gasteiger partial charge in [0.15, 0.2) is 0 Å². The maximum absolute atomic E-state index is 5.50. The number of rotatable bonds is 7. The number of nitrogens with zero attached hydrogens (tertiary/aromatic N) is 1. The molecule has 3 heteroatoms. The molecule has 2 nitrogen and oxygen atoms in total. The molecule has 0 unspecified atom stereocenters. The molecule has 0 amide bonds. The van der Waals surface area contributed by atoms with Crippen molar-refractivity contribution in [2.24, 2.45) is 5.92 Å². The summed E-state index contributed by atoms with van der Waals surface area (Å²) in [6.07, 6.45) is 1.09. The molecule has 0 saturated carbocycles. The highest BCUT2D eigenvalue weighted by Gasteiger charge is 2.07. The van der Waals surface area contributed by atoms with Gasteiger partial charge in [0.25, 0.3) is 0 Å². The Morgan fingerprint density at radius 2 is 1.89 bits per heavy atom. The standard InChI is InChI=1S/C16H27NOS/c1-12(2)10-17(5)7-6-15-8-14(4)16(18-11-19)9-13(15)3/h8-9,12,19H,6-7,10-11H2,1-5H3. The molecule has 0 atom stereocenters. The van der Waals surface area contributed by atoms with Crippen LogP contribution in [0.2, 0.25) is 0 Å². The highest BCUT2D eigenvalue weighted by Crippen LogP contribution is 2.23. The highest BCUT2D eigenvalue weighted by atomic mass is 32.1. The molecule has 0 fully saturated rings. The lowest BCUT2D eigenvalue weighted by Crippen LogP contribution is -2.25. The van der Waals surface area contributed by atoms with Crippen molar-refractivity contribution in [2.75, 3.05) is 26.1 Å². The van der Waals surface area contributed by atoms with Gasteiger partial charge in [0.05, 0.1) is 0 Å². The minimum atomic E-state index is 0.427. The summed E-state index contributed by atoms with van der Waals surface area (Å²) >= 11 is 4.11. The molecule has 1 rings (SSSR count). The molecule has 0 saturated heterocycles. The van der Waals surface area contributed by atoms with Crippen LogP contribution >= 0.6 is 12.6 Å². The van der Waals surface area contributed by atoms with Gasteiger partial charge in [0, 0.05) is 13.1 Å². The Labute approximate surface area is 123 Å². The van der Waals surface area contributed by atoms with E-state index in [2.05, 4.69) is 64.4 Å². The van der Waals surface area contributed by atoms with Crippen LogP contribution in [0.25, 0.3) is 0 Å². The van der Waals surface area contributed by atoms with Crippen molar-refractivity contribution in [3.8, 4) is 5.75 Å². The number of aryl methyl sites for hydroxylation is 2. The number of likely N-dealkylation sites (N-methyl/N-ethyl adjacent to an activating group) is 1. The molecule has 1 aromatic carbocycles. The van der Waals surface area contributed by atoms with Crippen molar-refractivity contribution in [2.45, 2.75) is 34.1 Å². The smallest absolute Gasteiger partial charge is 0.131 e.